The number of carbonyl (C=O) groups is 1. The van der Waals surface area contributed by atoms with E-state index in [1.807, 2.05) is 24.3 Å². The molecule has 0 aliphatic heterocycles. The second-order valence-electron chi connectivity index (χ2n) is 10.6. The minimum absolute atomic E-state index is 0.111. The summed E-state index contributed by atoms with van der Waals surface area (Å²) in [6.07, 6.45) is 10.2. The number of nitrogens with zero attached hydrogens (tertiary/aromatic N) is 1. The van der Waals surface area contributed by atoms with Crippen LogP contribution in [0.4, 0.5) is 0 Å². The Morgan fingerprint density at radius 3 is 2.71 bits per heavy atom. The Morgan fingerprint density at radius 1 is 1.08 bits per heavy atom. The number of hydrogen-bond acceptors (Lipinski definition) is 5. The van der Waals surface area contributed by atoms with Crippen molar-refractivity contribution in [1.82, 2.24) is 4.98 Å². The molecule has 1 N–H and O–H groups in total. The lowest BCUT2D eigenvalue weighted by Crippen LogP contribution is -2.19. The smallest absolute Gasteiger partial charge is 0.307 e. The fourth-order valence-electron chi connectivity index (χ4n) is 5.99. The number of fused-ring (bicyclic) bond motifs is 2. The molecule has 6 heteroatoms. The summed E-state index contributed by atoms with van der Waals surface area (Å²) in [6, 6.07) is 12.7. The first-order valence-electron chi connectivity index (χ1n) is 14.3. The third-order valence-electron chi connectivity index (χ3n) is 7.97. The van der Waals surface area contributed by atoms with Crippen LogP contribution in [0.25, 0.3) is 10.6 Å². The lowest BCUT2D eigenvalue weighted by atomic mass is 9.85. The SMILES string of the molecule is CCCc1cc(-c2nc3c(s2)CCCC3)ccc1OCCCOc1ccc2c(c1)CC[C@H]2C(CC)C(=O)O. The quantitative estimate of drug-likeness (QED) is 0.242. The summed E-state index contributed by atoms with van der Waals surface area (Å²) >= 11 is 1.86. The van der Waals surface area contributed by atoms with Gasteiger partial charge in [0.2, 0.25) is 0 Å². The number of ether oxygens (including phenoxy) is 2. The van der Waals surface area contributed by atoms with Crippen molar-refractivity contribution in [3.8, 4) is 22.1 Å². The number of aryl methyl sites for hydroxylation is 4. The van der Waals surface area contributed by atoms with Crippen molar-refractivity contribution < 1.29 is 19.4 Å². The van der Waals surface area contributed by atoms with Crippen LogP contribution in [0.1, 0.15) is 85.6 Å². The highest BCUT2D eigenvalue weighted by Gasteiger charge is 2.33. The van der Waals surface area contributed by atoms with Gasteiger partial charge >= 0.3 is 5.97 Å². The summed E-state index contributed by atoms with van der Waals surface area (Å²) in [6.45, 7) is 5.35. The first kappa shape index (κ1) is 26.7. The molecule has 5 rings (SSSR count). The molecule has 1 heterocycles. The Kier molecular flexibility index (Phi) is 8.68. The molecule has 202 valence electrons. The summed E-state index contributed by atoms with van der Waals surface area (Å²) in [5.41, 5.74) is 6.17. The van der Waals surface area contributed by atoms with Crippen molar-refractivity contribution in [3.63, 3.8) is 0 Å². The van der Waals surface area contributed by atoms with Gasteiger partial charge in [-0.1, -0.05) is 26.3 Å². The van der Waals surface area contributed by atoms with E-state index >= 15 is 0 Å². The second-order valence-corrected chi connectivity index (χ2v) is 11.7. The van der Waals surface area contributed by atoms with Crippen LogP contribution >= 0.6 is 11.3 Å². The number of rotatable bonds is 12. The first-order valence-corrected chi connectivity index (χ1v) is 15.1. The van der Waals surface area contributed by atoms with Crippen molar-refractivity contribution in [2.24, 2.45) is 5.92 Å². The van der Waals surface area contributed by atoms with E-state index in [4.69, 9.17) is 14.5 Å². The van der Waals surface area contributed by atoms with E-state index in [-0.39, 0.29) is 11.8 Å². The number of carboxylic acid groups (broad SMARTS) is 1. The van der Waals surface area contributed by atoms with Gasteiger partial charge in [-0.3, -0.25) is 4.79 Å². The zero-order valence-electron chi connectivity index (χ0n) is 22.6. The normalized spacial score (nSPS) is 17.1. The zero-order chi connectivity index (χ0) is 26.5. The molecule has 0 bridgehead atoms. The molecular weight excluding hydrogens is 494 g/mol. The van der Waals surface area contributed by atoms with E-state index < -0.39 is 5.97 Å². The van der Waals surface area contributed by atoms with Gasteiger partial charge in [0.25, 0.3) is 0 Å². The third-order valence-corrected chi connectivity index (χ3v) is 9.18. The van der Waals surface area contributed by atoms with Gasteiger partial charge in [0.15, 0.2) is 0 Å². The van der Waals surface area contributed by atoms with Crippen molar-refractivity contribution in [1.29, 1.82) is 0 Å². The Hall–Kier alpha value is -2.86. The highest BCUT2D eigenvalue weighted by molar-refractivity contribution is 7.15. The van der Waals surface area contributed by atoms with Crippen LogP contribution in [0.2, 0.25) is 0 Å². The summed E-state index contributed by atoms with van der Waals surface area (Å²) in [7, 11) is 0. The zero-order valence-corrected chi connectivity index (χ0v) is 23.4. The van der Waals surface area contributed by atoms with Crippen molar-refractivity contribution in [2.75, 3.05) is 13.2 Å². The van der Waals surface area contributed by atoms with Gasteiger partial charge in [0.1, 0.15) is 16.5 Å². The molecule has 0 saturated heterocycles. The van der Waals surface area contributed by atoms with Crippen LogP contribution in [0.5, 0.6) is 11.5 Å². The average Bonchev–Trinajstić information content (AvgIpc) is 3.54. The molecule has 0 fully saturated rings. The highest BCUT2D eigenvalue weighted by Crippen LogP contribution is 2.41. The molecule has 5 nitrogen and oxygen atoms in total. The monoisotopic (exact) mass is 533 g/mol. The van der Waals surface area contributed by atoms with E-state index in [2.05, 4.69) is 37.3 Å². The van der Waals surface area contributed by atoms with E-state index in [1.165, 1.54) is 52.1 Å². The number of hydrogen-bond donors (Lipinski definition) is 1. The standard InChI is InChI=1S/C32H39NO4S/c1-3-8-22-19-23(31-33-28-9-5-6-10-30(28)38-31)12-16-29(22)37-18-7-17-36-24-13-15-26-21(20-24)11-14-27(26)25(4-2)32(34)35/h12-13,15-16,19-20,25,27H,3-11,14,17-18H2,1-2H3,(H,34,35)/t25?,27-/m0/s1. The molecule has 1 unspecified atom stereocenters. The van der Waals surface area contributed by atoms with Crippen LogP contribution in [0.3, 0.4) is 0 Å². The van der Waals surface area contributed by atoms with Crippen LogP contribution < -0.4 is 9.47 Å². The van der Waals surface area contributed by atoms with Gasteiger partial charge in [-0.05, 0) is 104 Å². The maximum absolute atomic E-state index is 11.6. The maximum Gasteiger partial charge on any atom is 0.307 e. The highest BCUT2D eigenvalue weighted by atomic mass is 32.1. The number of carboxylic acids is 1. The molecule has 2 aromatic carbocycles. The van der Waals surface area contributed by atoms with Gasteiger partial charge in [-0.15, -0.1) is 11.3 Å². The van der Waals surface area contributed by atoms with Crippen LogP contribution in [0, 0.1) is 5.92 Å². The minimum Gasteiger partial charge on any atom is -0.493 e. The first-order chi connectivity index (χ1) is 18.6. The van der Waals surface area contributed by atoms with Crippen LogP contribution in [-0.4, -0.2) is 29.3 Å². The molecule has 3 aromatic rings. The molecule has 0 radical (unpaired) electrons. The summed E-state index contributed by atoms with van der Waals surface area (Å²) < 4.78 is 12.2. The Bertz CT molecular complexity index is 1240. The predicted octanol–water partition coefficient (Wildman–Crippen LogP) is 7.63. The topological polar surface area (TPSA) is 68.7 Å². The molecule has 1 aromatic heterocycles. The Morgan fingerprint density at radius 2 is 1.92 bits per heavy atom. The molecule has 0 saturated carbocycles. The lowest BCUT2D eigenvalue weighted by molar-refractivity contribution is -0.142. The maximum atomic E-state index is 11.6. The van der Waals surface area contributed by atoms with E-state index in [1.54, 1.807) is 0 Å². The summed E-state index contributed by atoms with van der Waals surface area (Å²) in [5.74, 6) is 0.932. The largest absolute Gasteiger partial charge is 0.493 e. The third kappa shape index (κ3) is 5.90. The van der Waals surface area contributed by atoms with Crippen molar-refractivity contribution >= 4 is 17.3 Å². The molecule has 2 atom stereocenters. The molecule has 0 spiro atoms. The summed E-state index contributed by atoms with van der Waals surface area (Å²) in [4.78, 5) is 18.1. The Labute approximate surface area is 230 Å². The summed E-state index contributed by atoms with van der Waals surface area (Å²) in [5, 5.41) is 10.7. The second kappa shape index (κ2) is 12.3. The fraction of sp³-hybridized carbons (Fsp3) is 0.500. The number of benzene rings is 2. The number of thiazole rings is 1. The van der Waals surface area contributed by atoms with E-state index in [9.17, 15) is 9.90 Å². The van der Waals surface area contributed by atoms with E-state index in [0.717, 1.165) is 55.0 Å². The van der Waals surface area contributed by atoms with Gasteiger partial charge in [-0.2, -0.15) is 0 Å². The molecule has 2 aliphatic rings. The molecule has 2 aliphatic carbocycles. The molecule has 0 amide bonds. The fourth-order valence-corrected chi connectivity index (χ4v) is 7.14. The minimum atomic E-state index is -0.690. The Balaban J connectivity index is 1.14. The van der Waals surface area contributed by atoms with Crippen molar-refractivity contribution in [2.45, 2.75) is 84.0 Å². The number of aromatic nitrogens is 1. The molecule has 38 heavy (non-hydrogen) atoms. The predicted molar refractivity (Wildman–Crippen MR) is 153 cm³/mol. The number of aliphatic carboxylic acids is 1. The van der Waals surface area contributed by atoms with Crippen LogP contribution in [-0.2, 0) is 30.5 Å². The van der Waals surface area contributed by atoms with Gasteiger partial charge in [-0.25, -0.2) is 4.98 Å². The van der Waals surface area contributed by atoms with Crippen LogP contribution in [0.15, 0.2) is 36.4 Å². The van der Waals surface area contributed by atoms with Crippen molar-refractivity contribution in [3.05, 3.63) is 63.7 Å². The van der Waals surface area contributed by atoms with Gasteiger partial charge in [0, 0.05) is 16.9 Å². The van der Waals surface area contributed by atoms with Gasteiger partial charge < -0.3 is 14.6 Å². The van der Waals surface area contributed by atoms with Gasteiger partial charge in [0.05, 0.1) is 24.8 Å². The van der Waals surface area contributed by atoms with E-state index in [0.29, 0.717) is 19.6 Å². The molecular formula is C32H39NO4S. The lowest BCUT2D eigenvalue weighted by Gasteiger charge is -2.19. The average molecular weight is 534 g/mol.